The predicted octanol–water partition coefficient (Wildman–Crippen LogP) is 2.06. The molecule has 2 aliphatic rings. The summed E-state index contributed by atoms with van der Waals surface area (Å²) in [5.41, 5.74) is 2.64. The Kier molecular flexibility index (Phi) is 5.76. The van der Waals surface area contributed by atoms with Crippen LogP contribution in [0.4, 0.5) is 0 Å². The van der Waals surface area contributed by atoms with Gasteiger partial charge >= 0.3 is 0 Å². The van der Waals surface area contributed by atoms with Gasteiger partial charge in [-0.3, -0.25) is 9.67 Å². The lowest BCUT2D eigenvalue weighted by Crippen LogP contribution is -2.48. The molecular formula is C18H31N5O. The van der Waals surface area contributed by atoms with Gasteiger partial charge in [0.05, 0.1) is 11.8 Å². The number of nitrogens with zero attached hydrogens (tertiary/aromatic N) is 3. The highest BCUT2D eigenvalue weighted by molar-refractivity contribution is 5.80. The maximum atomic E-state index is 5.78. The fourth-order valence-electron chi connectivity index (χ4n) is 3.47. The molecule has 3 rings (SSSR count). The Morgan fingerprint density at radius 2 is 2.29 bits per heavy atom. The molecule has 134 valence electrons. The standard InChI is InChI=1S/C18H31N5O/c1-13(2)23-12-14-7-8-15(10-17(14)22-23)21-18(19-3)20-11-16-6-4-5-9-24-16/h12-13,15-16H,4-11H2,1-3H3,(H2,19,20,21). The predicted molar refractivity (Wildman–Crippen MR) is 96.5 cm³/mol. The summed E-state index contributed by atoms with van der Waals surface area (Å²) in [4.78, 5) is 4.37. The number of aromatic nitrogens is 2. The van der Waals surface area contributed by atoms with E-state index in [0.29, 0.717) is 18.2 Å². The van der Waals surface area contributed by atoms with Gasteiger partial charge in [-0.25, -0.2) is 0 Å². The van der Waals surface area contributed by atoms with Gasteiger partial charge in [0.25, 0.3) is 0 Å². The fraction of sp³-hybridized carbons (Fsp3) is 0.778. The van der Waals surface area contributed by atoms with Crippen molar-refractivity contribution < 1.29 is 4.74 Å². The third-order valence-corrected chi connectivity index (χ3v) is 4.96. The molecule has 1 saturated heterocycles. The van der Waals surface area contributed by atoms with E-state index in [9.17, 15) is 0 Å². The fourth-order valence-corrected chi connectivity index (χ4v) is 3.47. The highest BCUT2D eigenvalue weighted by Crippen LogP contribution is 2.21. The molecule has 0 aromatic carbocycles. The first-order valence-corrected chi connectivity index (χ1v) is 9.31. The smallest absolute Gasteiger partial charge is 0.191 e. The third kappa shape index (κ3) is 4.29. The minimum Gasteiger partial charge on any atom is -0.376 e. The second-order valence-corrected chi connectivity index (χ2v) is 7.20. The van der Waals surface area contributed by atoms with E-state index >= 15 is 0 Å². The van der Waals surface area contributed by atoms with Crippen molar-refractivity contribution in [3.8, 4) is 0 Å². The van der Waals surface area contributed by atoms with E-state index < -0.39 is 0 Å². The highest BCUT2D eigenvalue weighted by Gasteiger charge is 2.23. The molecule has 0 spiro atoms. The van der Waals surface area contributed by atoms with E-state index in [1.807, 2.05) is 7.05 Å². The van der Waals surface area contributed by atoms with Gasteiger partial charge in [-0.15, -0.1) is 0 Å². The number of hydrogen-bond donors (Lipinski definition) is 2. The van der Waals surface area contributed by atoms with Crippen LogP contribution in [0.1, 0.15) is 56.8 Å². The summed E-state index contributed by atoms with van der Waals surface area (Å²) < 4.78 is 7.86. The third-order valence-electron chi connectivity index (χ3n) is 4.96. The Labute approximate surface area is 145 Å². The zero-order valence-corrected chi connectivity index (χ0v) is 15.2. The number of guanidine groups is 1. The van der Waals surface area contributed by atoms with Crippen LogP contribution < -0.4 is 10.6 Å². The molecule has 6 heteroatoms. The Morgan fingerprint density at radius 3 is 3.00 bits per heavy atom. The van der Waals surface area contributed by atoms with Gasteiger partial charge < -0.3 is 15.4 Å². The first kappa shape index (κ1) is 17.3. The number of rotatable bonds is 4. The van der Waals surface area contributed by atoms with Crippen LogP contribution >= 0.6 is 0 Å². The highest BCUT2D eigenvalue weighted by atomic mass is 16.5. The van der Waals surface area contributed by atoms with E-state index in [1.165, 1.54) is 24.1 Å². The molecule has 2 unspecified atom stereocenters. The molecule has 1 fully saturated rings. The van der Waals surface area contributed by atoms with Crippen LogP contribution in [0.2, 0.25) is 0 Å². The summed E-state index contributed by atoms with van der Waals surface area (Å²) in [6.07, 6.45) is 9.30. The van der Waals surface area contributed by atoms with Gasteiger partial charge in [0.2, 0.25) is 0 Å². The van der Waals surface area contributed by atoms with Crippen molar-refractivity contribution in [2.24, 2.45) is 4.99 Å². The second-order valence-electron chi connectivity index (χ2n) is 7.20. The minimum atomic E-state index is 0.317. The number of fused-ring (bicyclic) bond motifs is 1. The van der Waals surface area contributed by atoms with Crippen LogP contribution in [0, 0.1) is 0 Å². The Hall–Kier alpha value is -1.56. The Balaban J connectivity index is 1.51. The van der Waals surface area contributed by atoms with Crippen molar-refractivity contribution in [1.29, 1.82) is 0 Å². The van der Waals surface area contributed by atoms with Gasteiger partial charge in [0, 0.05) is 44.9 Å². The summed E-state index contributed by atoms with van der Waals surface area (Å²) in [6.45, 7) is 6.07. The van der Waals surface area contributed by atoms with Gasteiger partial charge in [-0.05, 0) is 51.5 Å². The van der Waals surface area contributed by atoms with Crippen LogP contribution in [0.3, 0.4) is 0 Å². The summed E-state index contributed by atoms with van der Waals surface area (Å²) >= 11 is 0. The molecule has 6 nitrogen and oxygen atoms in total. The van der Waals surface area contributed by atoms with E-state index in [-0.39, 0.29) is 0 Å². The molecule has 2 atom stereocenters. The maximum Gasteiger partial charge on any atom is 0.191 e. The lowest BCUT2D eigenvalue weighted by atomic mass is 9.94. The first-order chi connectivity index (χ1) is 11.7. The number of aliphatic imine (C=N–C) groups is 1. The van der Waals surface area contributed by atoms with Gasteiger partial charge in [0.15, 0.2) is 5.96 Å². The largest absolute Gasteiger partial charge is 0.376 e. The molecule has 1 aromatic rings. The van der Waals surface area contributed by atoms with Crippen LogP contribution in [0.25, 0.3) is 0 Å². The summed E-state index contributed by atoms with van der Waals surface area (Å²) in [7, 11) is 1.83. The molecule has 0 bridgehead atoms. The van der Waals surface area contributed by atoms with Crippen LogP contribution in [-0.4, -0.2) is 48.1 Å². The zero-order chi connectivity index (χ0) is 16.9. The van der Waals surface area contributed by atoms with Gasteiger partial charge in [0.1, 0.15) is 0 Å². The number of aryl methyl sites for hydroxylation is 1. The quantitative estimate of drug-likeness (QED) is 0.654. The van der Waals surface area contributed by atoms with Crippen molar-refractivity contribution in [2.75, 3.05) is 20.2 Å². The van der Waals surface area contributed by atoms with Crippen LogP contribution in [0.15, 0.2) is 11.2 Å². The zero-order valence-electron chi connectivity index (χ0n) is 15.2. The second kappa shape index (κ2) is 8.01. The van der Waals surface area contributed by atoms with Gasteiger partial charge in [-0.2, -0.15) is 5.10 Å². The summed E-state index contributed by atoms with van der Waals surface area (Å²) in [6, 6.07) is 0.818. The molecule has 2 N–H and O–H groups in total. The molecule has 0 radical (unpaired) electrons. The van der Waals surface area contributed by atoms with Crippen molar-refractivity contribution in [2.45, 2.75) is 70.6 Å². The number of hydrogen-bond acceptors (Lipinski definition) is 3. The Bertz CT molecular complexity index is 560. The average molecular weight is 333 g/mol. The monoisotopic (exact) mass is 333 g/mol. The number of nitrogens with one attached hydrogen (secondary N) is 2. The minimum absolute atomic E-state index is 0.317. The molecule has 24 heavy (non-hydrogen) atoms. The molecular weight excluding hydrogens is 302 g/mol. The molecule has 2 heterocycles. The van der Waals surface area contributed by atoms with Gasteiger partial charge in [-0.1, -0.05) is 0 Å². The molecule has 1 aliphatic carbocycles. The van der Waals surface area contributed by atoms with E-state index in [0.717, 1.165) is 44.8 Å². The summed E-state index contributed by atoms with van der Waals surface area (Å²) in [5.74, 6) is 0.876. The van der Waals surface area contributed by atoms with Crippen LogP contribution in [0.5, 0.6) is 0 Å². The van der Waals surface area contributed by atoms with E-state index in [2.05, 4.69) is 40.4 Å². The van der Waals surface area contributed by atoms with Crippen molar-refractivity contribution in [3.05, 3.63) is 17.5 Å². The SMILES string of the molecule is CN=C(NCC1CCCCO1)NC1CCc2cn(C(C)C)nc2C1. The normalized spacial score (nSPS) is 24.8. The molecule has 0 amide bonds. The van der Waals surface area contributed by atoms with E-state index in [4.69, 9.17) is 9.84 Å². The molecule has 0 saturated carbocycles. The topological polar surface area (TPSA) is 63.5 Å². The molecule has 1 aliphatic heterocycles. The molecule has 1 aromatic heterocycles. The lowest BCUT2D eigenvalue weighted by Gasteiger charge is -2.27. The Morgan fingerprint density at radius 1 is 1.42 bits per heavy atom. The maximum absolute atomic E-state index is 5.78. The summed E-state index contributed by atoms with van der Waals surface area (Å²) in [5, 5.41) is 11.7. The lowest BCUT2D eigenvalue weighted by molar-refractivity contribution is 0.0194. The van der Waals surface area contributed by atoms with Crippen molar-refractivity contribution in [3.63, 3.8) is 0 Å². The average Bonchev–Trinajstić information content (AvgIpc) is 3.03. The number of ether oxygens (including phenoxy) is 1. The first-order valence-electron chi connectivity index (χ1n) is 9.31. The van der Waals surface area contributed by atoms with Crippen molar-refractivity contribution in [1.82, 2.24) is 20.4 Å². The van der Waals surface area contributed by atoms with Crippen molar-refractivity contribution >= 4 is 5.96 Å². The van der Waals surface area contributed by atoms with Crippen LogP contribution in [-0.2, 0) is 17.6 Å². The van der Waals surface area contributed by atoms with E-state index in [1.54, 1.807) is 0 Å².